The van der Waals surface area contributed by atoms with Gasteiger partial charge in [0.2, 0.25) is 0 Å². The van der Waals surface area contributed by atoms with Crippen molar-refractivity contribution in [1.82, 2.24) is 34.0 Å². The molecule has 0 unspecified atom stereocenters. The Morgan fingerprint density at radius 3 is 2.58 bits per heavy atom. The number of benzene rings is 2. The molecule has 0 saturated carbocycles. The molecule has 5 heterocycles. The predicted octanol–water partition coefficient (Wildman–Crippen LogP) is 4.33. The van der Waals surface area contributed by atoms with E-state index in [-0.39, 0.29) is 17.5 Å². The zero-order chi connectivity index (χ0) is 26.3. The number of hydrogen-bond acceptors (Lipinski definition) is 4. The Morgan fingerprint density at radius 1 is 1.03 bits per heavy atom. The normalized spacial score (nSPS) is 18.8. The number of nitrogens with one attached hydrogen (secondary N) is 1. The molecular formula is C28H27F2N7O. The Balaban J connectivity index is 1.46. The van der Waals surface area contributed by atoms with Crippen LogP contribution in [0.4, 0.5) is 8.78 Å². The summed E-state index contributed by atoms with van der Waals surface area (Å²) in [5.41, 5.74) is 4.00. The fraction of sp³-hybridized carbons (Fsp3) is 0.321. The first-order valence-corrected chi connectivity index (χ1v) is 12.9. The van der Waals surface area contributed by atoms with E-state index in [1.807, 2.05) is 0 Å². The minimum absolute atomic E-state index is 0.0580. The number of nitrogens with zero attached hydrogens (tertiary/aromatic N) is 6. The highest BCUT2D eigenvalue weighted by molar-refractivity contribution is 5.81. The second-order valence-electron chi connectivity index (χ2n) is 10.5. The molecule has 10 heteroatoms. The van der Waals surface area contributed by atoms with Gasteiger partial charge in [-0.25, -0.2) is 18.3 Å². The van der Waals surface area contributed by atoms with Crippen LogP contribution in [0.25, 0.3) is 28.1 Å². The summed E-state index contributed by atoms with van der Waals surface area (Å²) in [6.07, 6.45) is 8.56. The topological polar surface area (TPSA) is 74.6 Å². The van der Waals surface area contributed by atoms with Gasteiger partial charge in [0.1, 0.15) is 11.6 Å². The molecule has 38 heavy (non-hydrogen) atoms. The summed E-state index contributed by atoms with van der Waals surface area (Å²) < 4.78 is 36.2. The van der Waals surface area contributed by atoms with E-state index in [1.54, 1.807) is 66.9 Å². The third kappa shape index (κ3) is 3.26. The molecule has 0 amide bonds. The van der Waals surface area contributed by atoms with Gasteiger partial charge in [-0.05, 0) is 68.5 Å². The van der Waals surface area contributed by atoms with Crippen LogP contribution < -0.4 is 11.0 Å². The molecule has 8 nitrogen and oxygen atoms in total. The lowest BCUT2D eigenvalue weighted by Gasteiger charge is -2.35. The van der Waals surface area contributed by atoms with Crippen molar-refractivity contribution in [3.8, 4) is 17.2 Å². The number of imidazole rings is 1. The fourth-order valence-corrected chi connectivity index (χ4v) is 6.16. The van der Waals surface area contributed by atoms with Gasteiger partial charge in [0.25, 0.3) is 0 Å². The molecule has 0 spiro atoms. The Morgan fingerprint density at radius 2 is 1.79 bits per heavy atom. The molecule has 2 aromatic carbocycles. The van der Waals surface area contributed by atoms with Crippen LogP contribution in [0.5, 0.6) is 0 Å². The van der Waals surface area contributed by atoms with Crippen molar-refractivity contribution in [2.75, 3.05) is 0 Å². The van der Waals surface area contributed by atoms with Crippen LogP contribution in [-0.4, -0.2) is 34.7 Å². The van der Waals surface area contributed by atoms with Crippen molar-refractivity contribution < 1.29 is 8.78 Å². The molecule has 1 fully saturated rings. The van der Waals surface area contributed by atoms with Crippen molar-refractivity contribution in [2.24, 2.45) is 7.05 Å². The minimum Gasteiger partial charge on any atom is -0.307 e. The average molecular weight is 516 g/mol. The van der Waals surface area contributed by atoms with Crippen LogP contribution in [0, 0.1) is 25.5 Å². The molecular weight excluding hydrogens is 488 g/mol. The van der Waals surface area contributed by atoms with E-state index in [0.717, 1.165) is 36.9 Å². The van der Waals surface area contributed by atoms with E-state index in [0.29, 0.717) is 39.6 Å². The summed E-state index contributed by atoms with van der Waals surface area (Å²) in [4.78, 5) is 13.9. The summed E-state index contributed by atoms with van der Waals surface area (Å²) in [6.45, 7) is 3.45. The van der Waals surface area contributed by atoms with Gasteiger partial charge in [-0.2, -0.15) is 10.2 Å². The van der Waals surface area contributed by atoms with E-state index in [1.165, 1.54) is 15.3 Å². The second-order valence-corrected chi connectivity index (χ2v) is 10.5. The number of hydrogen-bond donors (Lipinski definition) is 1. The monoisotopic (exact) mass is 515 g/mol. The zero-order valence-corrected chi connectivity index (χ0v) is 21.4. The lowest BCUT2D eigenvalue weighted by molar-refractivity contribution is 0.300. The fourth-order valence-electron chi connectivity index (χ4n) is 6.16. The third-order valence-electron chi connectivity index (χ3n) is 8.02. The van der Waals surface area contributed by atoms with Crippen LogP contribution in [0.3, 0.4) is 0 Å². The molecule has 2 aliphatic rings. The van der Waals surface area contributed by atoms with Crippen LogP contribution in [0.1, 0.15) is 47.7 Å². The van der Waals surface area contributed by atoms with Gasteiger partial charge in [-0.15, -0.1) is 0 Å². The molecule has 7 rings (SSSR count). The quantitative estimate of drug-likeness (QED) is 0.388. The molecule has 3 aromatic heterocycles. The number of halogens is 2. The Labute approximate surface area is 217 Å². The smallest absolute Gasteiger partial charge is 0.307 e. The highest BCUT2D eigenvalue weighted by atomic mass is 19.1. The standard InChI is InChI=1S/C28H27F2N7O/c1-15-11-18(12-16(2)25(15)29)37-27(24-20-6-4-5-17(32-20)13-21(24)33-37)36-10-9-35(28(36)38)23-8-7-22-19(26(23)30)14-31-34(22)3/h7-12,14,17,20,32H,4-6,13H2,1-3H3/t17-,20+/m1/s1. The van der Waals surface area contributed by atoms with Crippen LogP contribution in [0.15, 0.2) is 47.7 Å². The maximum atomic E-state index is 15.5. The van der Waals surface area contributed by atoms with Crippen molar-refractivity contribution in [2.45, 2.75) is 51.6 Å². The average Bonchev–Trinajstić information content (AvgIpc) is 3.58. The maximum Gasteiger partial charge on any atom is 0.338 e. The van der Waals surface area contributed by atoms with Gasteiger partial charge in [0.05, 0.1) is 34.2 Å². The van der Waals surface area contributed by atoms with Crippen molar-refractivity contribution in [1.29, 1.82) is 0 Å². The molecule has 5 aromatic rings. The molecule has 194 valence electrons. The summed E-state index contributed by atoms with van der Waals surface area (Å²) in [5.74, 6) is -0.156. The molecule has 2 aliphatic heterocycles. The number of piperidine rings is 1. The van der Waals surface area contributed by atoms with Crippen molar-refractivity contribution >= 4 is 10.9 Å². The molecule has 0 radical (unpaired) electrons. The summed E-state index contributed by atoms with van der Waals surface area (Å²) in [5, 5.41) is 13.2. The maximum absolute atomic E-state index is 15.5. The lowest BCUT2D eigenvalue weighted by Crippen LogP contribution is -2.43. The van der Waals surface area contributed by atoms with E-state index in [2.05, 4.69) is 10.4 Å². The first kappa shape index (κ1) is 23.1. The molecule has 2 bridgehead atoms. The first-order valence-electron chi connectivity index (χ1n) is 12.9. The summed E-state index contributed by atoms with van der Waals surface area (Å²) in [7, 11) is 1.75. The predicted molar refractivity (Wildman–Crippen MR) is 139 cm³/mol. The largest absolute Gasteiger partial charge is 0.338 e. The van der Waals surface area contributed by atoms with Gasteiger partial charge in [0, 0.05) is 43.5 Å². The Hall–Kier alpha value is -4.05. The number of fused-ring (bicyclic) bond motifs is 5. The molecule has 2 atom stereocenters. The highest BCUT2D eigenvalue weighted by Gasteiger charge is 2.36. The van der Waals surface area contributed by atoms with E-state index >= 15 is 4.39 Å². The third-order valence-corrected chi connectivity index (χ3v) is 8.02. The molecule has 1 saturated heterocycles. The second kappa shape index (κ2) is 8.22. The Kier molecular flexibility index (Phi) is 5.00. The van der Waals surface area contributed by atoms with Gasteiger partial charge < -0.3 is 5.32 Å². The van der Waals surface area contributed by atoms with Crippen LogP contribution in [-0.2, 0) is 13.5 Å². The molecule has 0 aliphatic carbocycles. The Bertz CT molecular complexity index is 1780. The number of aryl methyl sites for hydroxylation is 3. The van der Waals surface area contributed by atoms with Crippen LogP contribution >= 0.6 is 0 Å². The highest BCUT2D eigenvalue weighted by Crippen LogP contribution is 2.38. The van der Waals surface area contributed by atoms with Crippen molar-refractivity contribution in [3.05, 3.63) is 87.4 Å². The first-order chi connectivity index (χ1) is 18.3. The zero-order valence-electron chi connectivity index (χ0n) is 21.4. The summed E-state index contributed by atoms with van der Waals surface area (Å²) >= 11 is 0. The molecule has 1 N–H and O–H groups in total. The van der Waals surface area contributed by atoms with E-state index in [9.17, 15) is 9.18 Å². The minimum atomic E-state index is -0.507. The van der Waals surface area contributed by atoms with Gasteiger partial charge >= 0.3 is 5.69 Å². The van der Waals surface area contributed by atoms with Crippen LogP contribution in [0.2, 0.25) is 0 Å². The lowest BCUT2D eigenvalue weighted by atomic mass is 9.85. The van der Waals surface area contributed by atoms with Gasteiger partial charge in [-0.3, -0.25) is 13.8 Å². The summed E-state index contributed by atoms with van der Waals surface area (Å²) in [6, 6.07) is 7.26. The SMILES string of the molecule is Cc1cc(-n2nc3c(c2-n2ccn(-c4ccc5c(cnn5C)c4F)c2=O)[C@@H]2CCC[C@H](C3)N2)cc(C)c1F. The van der Waals surface area contributed by atoms with E-state index in [4.69, 9.17) is 5.10 Å². The van der Waals surface area contributed by atoms with Crippen molar-refractivity contribution in [3.63, 3.8) is 0 Å². The number of aromatic nitrogens is 6. The van der Waals surface area contributed by atoms with E-state index < -0.39 is 11.5 Å². The number of rotatable bonds is 3. The van der Waals surface area contributed by atoms with Gasteiger partial charge in [0.15, 0.2) is 5.82 Å². The van der Waals surface area contributed by atoms with Gasteiger partial charge in [-0.1, -0.05) is 0 Å².